The maximum atomic E-state index is 2.39. The van der Waals surface area contributed by atoms with Gasteiger partial charge in [-0.1, -0.05) is 33.6 Å². The Morgan fingerprint density at radius 3 is 2.00 bits per heavy atom. The molecule has 0 heterocycles. The van der Waals surface area contributed by atoms with Crippen molar-refractivity contribution in [2.45, 2.75) is 40.0 Å². The average Bonchev–Trinajstić information content (AvgIpc) is 1.80. The molecule has 1 aliphatic rings. The van der Waals surface area contributed by atoms with Crippen LogP contribution in [0, 0.1) is 17.8 Å². The lowest BCUT2D eigenvalue weighted by Gasteiger charge is -2.29. The summed E-state index contributed by atoms with van der Waals surface area (Å²) in [6.07, 6.45) is 4.38. The number of hydrogen-bond donors (Lipinski definition) is 0. The highest BCUT2D eigenvalue weighted by molar-refractivity contribution is 4.72. The van der Waals surface area contributed by atoms with Crippen molar-refractivity contribution in [1.29, 1.82) is 0 Å². The zero-order valence-electron chi connectivity index (χ0n) is 6.85. The molecule has 0 aromatic carbocycles. The van der Waals surface area contributed by atoms with E-state index in [0.29, 0.717) is 0 Å². The minimum atomic E-state index is 0.980. The molecule has 0 amide bonds. The third-order valence-corrected chi connectivity index (χ3v) is 2.86. The maximum absolute atomic E-state index is 2.39. The highest BCUT2D eigenvalue weighted by Crippen LogP contribution is 2.32. The molecule has 54 valence electrons. The van der Waals surface area contributed by atoms with Gasteiger partial charge in [0.05, 0.1) is 0 Å². The first-order chi connectivity index (χ1) is 4.20. The van der Waals surface area contributed by atoms with Crippen LogP contribution in [0.5, 0.6) is 0 Å². The highest BCUT2D eigenvalue weighted by Gasteiger charge is 2.20. The highest BCUT2D eigenvalue weighted by atomic mass is 14.3. The molecule has 9 heavy (non-hydrogen) atoms. The van der Waals surface area contributed by atoms with E-state index >= 15 is 0 Å². The van der Waals surface area contributed by atoms with Crippen LogP contribution in [-0.4, -0.2) is 0 Å². The third kappa shape index (κ3) is 1.70. The van der Waals surface area contributed by atoms with Crippen molar-refractivity contribution in [2.75, 3.05) is 0 Å². The summed E-state index contributed by atoms with van der Waals surface area (Å²) in [5.74, 6) is 2.96. The predicted molar refractivity (Wildman–Crippen MR) is 41.3 cm³/mol. The van der Waals surface area contributed by atoms with Crippen molar-refractivity contribution in [3.63, 3.8) is 0 Å². The van der Waals surface area contributed by atoms with Gasteiger partial charge in [-0.25, -0.2) is 0 Å². The van der Waals surface area contributed by atoms with Gasteiger partial charge >= 0.3 is 0 Å². The van der Waals surface area contributed by atoms with Crippen LogP contribution >= 0.6 is 0 Å². The lowest BCUT2D eigenvalue weighted by Crippen LogP contribution is -2.18. The van der Waals surface area contributed by atoms with Crippen LogP contribution < -0.4 is 0 Å². The maximum Gasteiger partial charge on any atom is -0.0414 e. The van der Waals surface area contributed by atoms with Gasteiger partial charge in [-0.05, 0) is 24.2 Å². The Labute approximate surface area is 58.7 Å². The van der Waals surface area contributed by atoms with Crippen molar-refractivity contribution < 1.29 is 0 Å². The van der Waals surface area contributed by atoms with Crippen molar-refractivity contribution in [3.05, 3.63) is 0 Å². The number of hydrogen-bond acceptors (Lipinski definition) is 0. The fourth-order valence-corrected chi connectivity index (χ4v) is 1.82. The van der Waals surface area contributed by atoms with E-state index in [1.165, 1.54) is 19.3 Å². The van der Waals surface area contributed by atoms with Crippen LogP contribution in [0.15, 0.2) is 0 Å². The van der Waals surface area contributed by atoms with Crippen molar-refractivity contribution in [3.8, 4) is 0 Å². The van der Waals surface area contributed by atoms with E-state index in [9.17, 15) is 0 Å². The van der Waals surface area contributed by atoms with Gasteiger partial charge in [-0.2, -0.15) is 0 Å². The minimum absolute atomic E-state index is 0.980. The molecule has 0 nitrogen and oxygen atoms in total. The molecule has 1 rings (SSSR count). The summed E-state index contributed by atoms with van der Waals surface area (Å²) in [7, 11) is 0. The number of rotatable bonds is 0. The second-order valence-electron chi connectivity index (χ2n) is 3.87. The van der Waals surface area contributed by atoms with Crippen LogP contribution in [0.3, 0.4) is 0 Å². The summed E-state index contributed by atoms with van der Waals surface area (Å²) in [5, 5.41) is 0. The van der Waals surface area contributed by atoms with Gasteiger partial charge in [-0.15, -0.1) is 0 Å². The van der Waals surface area contributed by atoms with Crippen LogP contribution in [-0.2, 0) is 0 Å². The Morgan fingerprint density at radius 2 is 1.56 bits per heavy atom. The Morgan fingerprint density at radius 1 is 0.889 bits per heavy atom. The van der Waals surface area contributed by atoms with E-state index in [2.05, 4.69) is 20.8 Å². The first-order valence-corrected chi connectivity index (χ1v) is 4.20. The molecule has 0 spiro atoms. The fourth-order valence-electron chi connectivity index (χ4n) is 1.82. The molecule has 0 aliphatic heterocycles. The summed E-state index contributed by atoms with van der Waals surface area (Å²) in [4.78, 5) is 0. The Kier molecular flexibility index (Phi) is 2.15. The van der Waals surface area contributed by atoms with Gasteiger partial charge in [0.1, 0.15) is 0 Å². The van der Waals surface area contributed by atoms with Crippen molar-refractivity contribution >= 4 is 0 Å². The molecular formula is C9H18. The van der Waals surface area contributed by atoms with E-state index in [0.717, 1.165) is 17.8 Å². The zero-order chi connectivity index (χ0) is 6.85. The first-order valence-electron chi connectivity index (χ1n) is 4.20. The van der Waals surface area contributed by atoms with Crippen LogP contribution in [0.2, 0.25) is 0 Å². The Balaban J connectivity index is 2.35. The second-order valence-corrected chi connectivity index (χ2v) is 3.87. The SMILES string of the molecule is CC1CC[C@H](C)C(C)C1. The third-order valence-electron chi connectivity index (χ3n) is 2.86. The molecule has 0 saturated heterocycles. The van der Waals surface area contributed by atoms with E-state index in [1.54, 1.807) is 0 Å². The van der Waals surface area contributed by atoms with Crippen molar-refractivity contribution in [2.24, 2.45) is 17.8 Å². The van der Waals surface area contributed by atoms with E-state index in [-0.39, 0.29) is 0 Å². The lowest BCUT2D eigenvalue weighted by molar-refractivity contribution is 0.220. The molecule has 2 unspecified atom stereocenters. The fraction of sp³-hybridized carbons (Fsp3) is 1.00. The quantitative estimate of drug-likeness (QED) is 0.468. The molecule has 1 fully saturated rings. The van der Waals surface area contributed by atoms with E-state index in [1.807, 2.05) is 0 Å². The van der Waals surface area contributed by atoms with Crippen molar-refractivity contribution in [1.82, 2.24) is 0 Å². The summed E-state index contributed by atoms with van der Waals surface area (Å²) in [6, 6.07) is 0. The van der Waals surface area contributed by atoms with Gasteiger partial charge in [-0.3, -0.25) is 0 Å². The lowest BCUT2D eigenvalue weighted by atomic mass is 9.77. The smallest absolute Gasteiger partial charge is 0.0414 e. The molecule has 1 aliphatic carbocycles. The van der Waals surface area contributed by atoms with Gasteiger partial charge in [0, 0.05) is 0 Å². The summed E-state index contributed by atoms with van der Waals surface area (Å²) in [6.45, 7) is 7.15. The molecule has 0 bridgehead atoms. The molecule has 0 radical (unpaired) electrons. The minimum Gasteiger partial charge on any atom is -0.0625 e. The van der Waals surface area contributed by atoms with Crippen LogP contribution in [0.25, 0.3) is 0 Å². The monoisotopic (exact) mass is 126 g/mol. The molecule has 1 saturated carbocycles. The summed E-state index contributed by atoms with van der Waals surface area (Å²) >= 11 is 0. The summed E-state index contributed by atoms with van der Waals surface area (Å²) < 4.78 is 0. The first kappa shape index (κ1) is 7.11. The Hall–Kier alpha value is 0. The standard InChI is InChI=1S/C9H18/c1-7-4-5-8(2)9(3)6-7/h7-9H,4-6H2,1-3H3/t7?,8-,9?/m0/s1. The molecular weight excluding hydrogens is 108 g/mol. The molecule has 0 N–H and O–H groups in total. The van der Waals surface area contributed by atoms with Crippen LogP contribution in [0.4, 0.5) is 0 Å². The van der Waals surface area contributed by atoms with E-state index < -0.39 is 0 Å². The molecule has 0 aromatic heterocycles. The molecule has 3 atom stereocenters. The molecule has 0 heteroatoms. The van der Waals surface area contributed by atoms with Gasteiger partial charge in [0.2, 0.25) is 0 Å². The largest absolute Gasteiger partial charge is 0.0625 e. The summed E-state index contributed by atoms with van der Waals surface area (Å²) in [5.41, 5.74) is 0. The van der Waals surface area contributed by atoms with Gasteiger partial charge < -0.3 is 0 Å². The normalized spacial score (nSPS) is 45.0. The van der Waals surface area contributed by atoms with E-state index in [4.69, 9.17) is 0 Å². The zero-order valence-corrected chi connectivity index (χ0v) is 6.85. The average molecular weight is 126 g/mol. The van der Waals surface area contributed by atoms with Gasteiger partial charge in [0.15, 0.2) is 0 Å². The topological polar surface area (TPSA) is 0 Å². The van der Waals surface area contributed by atoms with Crippen LogP contribution in [0.1, 0.15) is 40.0 Å². The van der Waals surface area contributed by atoms with Gasteiger partial charge in [0.25, 0.3) is 0 Å². The Bertz CT molecular complexity index is 86.0. The predicted octanol–water partition coefficient (Wildman–Crippen LogP) is 3.08. The second kappa shape index (κ2) is 2.72. The molecule has 0 aromatic rings.